The molecule has 3 N–H and O–H groups in total. The number of nitrogens with zero attached hydrogens (tertiary/aromatic N) is 3. The largest absolute Gasteiger partial charge is 0.453 e. The van der Waals surface area contributed by atoms with Crippen LogP contribution in [0.2, 0.25) is 0 Å². The maximum absolute atomic E-state index is 13.2. The van der Waals surface area contributed by atoms with Gasteiger partial charge in [0.15, 0.2) is 0 Å². The third-order valence-electron chi connectivity index (χ3n) is 10.0. The van der Waals surface area contributed by atoms with Crippen molar-refractivity contribution in [3.63, 3.8) is 0 Å². The number of piperidine rings is 1. The number of carbonyl (C=O) groups is 4. The number of alkyl carbamates (subject to hydrolysis) is 1. The van der Waals surface area contributed by atoms with Gasteiger partial charge in [0, 0.05) is 31.2 Å². The van der Waals surface area contributed by atoms with E-state index >= 15 is 0 Å². The van der Waals surface area contributed by atoms with Gasteiger partial charge in [-0.15, -0.1) is 0 Å². The Balaban J connectivity index is 1.18. The topological polar surface area (TPSA) is 137 Å². The SMILES string of the molecule is COC(=O)N[C@H](C(=O)N1CCC[C@@H](C(=O)Nc2ccc(-c3ccc(-c4cnc([C@@H]5CCCN5C(=O)[C@@H](C)C(C)C)[nH]4)cc3)cc2)C1)C(C)C. The Labute approximate surface area is 289 Å². The van der Waals surface area contributed by atoms with E-state index in [4.69, 9.17) is 4.74 Å². The number of aromatic nitrogens is 2. The van der Waals surface area contributed by atoms with Gasteiger partial charge in [0.05, 0.1) is 31.0 Å². The van der Waals surface area contributed by atoms with E-state index in [2.05, 4.69) is 58.7 Å². The van der Waals surface area contributed by atoms with Crippen LogP contribution in [0.15, 0.2) is 54.7 Å². The Morgan fingerprint density at radius 2 is 1.47 bits per heavy atom. The van der Waals surface area contributed by atoms with E-state index in [0.717, 1.165) is 47.6 Å². The highest BCUT2D eigenvalue weighted by Crippen LogP contribution is 2.34. The first-order chi connectivity index (χ1) is 23.5. The standard InChI is InChI=1S/C38H50N6O5/c1-23(2)25(5)36(46)44-20-8-10-32(44)34-39-21-31(41-34)28-13-11-26(12-14-28)27-15-17-30(18-16-27)40-35(45)29-9-7-19-43(22-29)37(47)33(24(3)4)42-38(48)49-6/h11-18,21,23-25,29,32-33H,7-10,19-20,22H2,1-6H3,(H,39,41)(H,40,45)(H,42,48)/t25-,29+,32-,33-/m0/s1. The summed E-state index contributed by atoms with van der Waals surface area (Å²) in [5, 5.41) is 5.65. The number of imidazole rings is 1. The minimum Gasteiger partial charge on any atom is -0.453 e. The molecule has 4 amide bonds. The number of nitrogens with one attached hydrogen (secondary N) is 3. The van der Waals surface area contributed by atoms with Crippen LogP contribution in [-0.4, -0.2) is 76.4 Å². The number of anilines is 1. The molecule has 11 heteroatoms. The molecule has 3 aromatic rings. The summed E-state index contributed by atoms with van der Waals surface area (Å²) in [7, 11) is 1.27. The van der Waals surface area contributed by atoms with E-state index in [0.29, 0.717) is 37.5 Å². The normalized spacial score (nSPS) is 19.1. The summed E-state index contributed by atoms with van der Waals surface area (Å²) < 4.78 is 4.69. The summed E-state index contributed by atoms with van der Waals surface area (Å²) in [6, 6.07) is 15.2. The average molecular weight is 671 g/mol. The maximum Gasteiger partial charge on any atom is 0.407 e. The fourth-order valence-corrected chi connectivity index (χ4v) is 6.63. The van der Waals surface area contributed by atoms with Crippen molar-refractivity contribution in [3.05, 3.63) is 60.6 Å². The van der Waals surface area contributed by atoms with Gasteiger partial charge in [-0.2, -0.15) is 0 Å². The molecule has 0 aliphatic carbocycles. The predicted molar refractivity (Wildman–Crippen MR) is 189 cm³/mol. The average Bonchev–Trinajstić information content (AvgIpc) is 3.80. The van der Waals surface area contributed by atoms with Gasteiger partial charge in [-0.25, -0.2) is 9.78 Å². The van der Waals surface area contributed by atoms with E-state index in [1.54, 1.807) is 4.90 Å². The van der Waals surface area contributed by atoms with Crippen LogP contribution in [0.1, 0.15) is 72.2 Å². The van der Waals surface area contributed by atoms with Gasteiger partial charge >= 0.3 is 6.09 Å². The number of H-pyrrole nitrogens is 1. The third-order valence-corrected chi connectivity index (χ3v) is 10.0. The molecule has 2 fully saturated rings. The van der Waals surface area contributed by atoms with Crippen LogP contribution in [0.4, 0.5) is 10.5 Å². The molecule has 2 aliphatic heterocycles. The third kappa shape index (κ3) is 8.32. The zero-order valence-corrected chi connectivity index (χ0v) is 29.5. The first-order valence-electron chi connectivity index (χ1n) is 17.5. The lowest BCUT2D eigenvalue weighted by Crippen LogP contribution is -2.54. The summed E-state index contributed by atoms with van der Waals surface area (Å²) in [6.07, 6.45) is 4.47. The number of hydrogen-bond donors (Lipinski definition) is 3. The predicted octanol–water partition coefficient (Wildman–Crippen LogP) is 6.26. The number of hydrogen-bond acceptors (Lipinski definition) is 6. The molecule has 5 rings (SSSR count). The van der Waals surface area contributed by atoms with Gasteiger partial charge in [-0.3, -0.25) is 14.4 Å². The van der Waals surface area contributed by atoms with Crippen molar-refractivity contribution in [1.82, 2.24) is 25.1 Å². The van der Waals surface area contributed by atoms with E-state index in [-0.39, 0.29) is 41.5 Å². The molecule has 2 aliphatic rings. The number of aromatic amines is 1. The molecule has 4 atom stereocenters. The Bertz CT molecular complexity index is 1620. The maximum atomic E-state index is 13.2. The second kappa shape index (κ2) is 15.7. The first kappa shape index (κ1) is 35.6. The fraction of sp³-hybridized carbons (Fsp3) is 0.500. The van der Waals surface area contributed by atoms with Crippen molar-refractivity contribution in [3.8, 4) is 22.4 Å². The quantitative estimate of drug-likeness (QED) is 0.233. The summed E-state index contributed by atoms with van der Waals surface area (Å²) in [6.45, 7) is 11.5. The molecule has 0 spiro atoms. The Hall–Kier alpha value is -4.67. The lowest BCUT2D eigenvalue weighted by Gasteiger charge is -2.35. The molecule has 0 radical (unpaired) electrons. The lowest BCUT2D eigenvalue weighted by molar-refractivity contribution is -0.138. The number of rotatable bonds is 10. The van der Waals surface area contributed by atoms with Crippen LogP contribution in [0, 0.1) is 23.7 Å². The highest BCUT2D eigenvalue weighted by Gasteiger charge is 2.36. The molecule has 1 aromatic heterocycles. The summed E-state index contributed by atoms with van der Waals surface area (Å²) in [5.41, 5.74) is 4.67. The fourth-order valence-electron chi connectivity index (χ4n) is 6.63. The first-order valence-corrected chi connectivity index (χ1v) is 17.5. The second-order valence-corrected chi connectivity index (χ2v) is 14.0. The molecule has 49 heavy (non-hydrogen) atoms. The molecule has 262 valence electrons. The summed E-state index contributed by atoms with van der Waals surface area (Å²) in [4.78, 5) is 63.2. The molecule has 11 nitrogen and oxygen atoms in total. The van der Waals surface area contributed by atoms with Crippen molar-refractivity contribution >= 4 is 29.5 Å². The van der Waals surface area contributed by atoms with Crippen LogP contribution in [0.5, 0.6) is 0 Å². The van der Waals surface area contributed by atoms with Crippen LogP contribution in [0.25, 0.3) is 22.4 Å². The van der Waals surface area contributed by atoms with Crippen LogP contribution < -0.4 is 10.6 Å². The van der Waals surface area contributed by atoms with Crippen LogP contribution in [-0.2, 0) is 19.1 Å². The van der Waals surface area contributed by atoms with E-state index in [9.17, 15) is 19.2 Å². The molecule has 2 saturated heterocycles. The summed E-state index contributed by atoms with van der Waals surface area (Å²) in [5.74, 6) is 0.502. The minimum atomic E-state index is -0.717. The highest BCUT2D eigenvalue weighted by atomic mass is 16.5. The number of amides is 4. The highest BCUT2D eigenvalue weighted by molar-refractivity contribution is 5.94. The van der Waals surface area contributed by atoms with E-state index < -0.39 is 12.1 Å². The molecule has 3 heterocycles. The smallest absolute Gasteiger partial charge is 0.407 e. The van der Waals surface area contributed by atoms with Crippen molar-refractivity contribution in [2.24, 2.45) is 23.7 Å². The van der Waals surface area contributed by atoms with Crippen molar-refractivity contribution < 1.29 is 23.9 Å². The molecule has 0 unspecified atom stereocenters. The Morgan fingerprint density at radius 3 is 2.10 bits per heavy atom. The number of methoxy groups -OCH3 is 1. The zero-order valence-electron chi connectivity index (χ0n) is 29.5. The number of likely N-dealkylation sites (tertiary alicyclic amines) is 2. The zero-order chi connectivity index (χ0) is 35.2. The van der Waals surface area contributed by atoms with Gasteiger partial charge in [0.2, 0.25) is 17.7 Å². The molecule has 2 aromatic carbocycles. The van der Waals surface area contributed by atoms with Crippen molar-refractivity contribution in [2.45, 2.75) is 72.4 Å². The molecular weight excluding hydrogens is 620 g/mol. The van der Waals surface area contributed by atoms with Gasteiger partial charge in [0.1, 0.15) is 11.9 Å². The summed E-state index contributed by atoms with van der Waals surface area (Å²) >= 11 is 0. The number of ether oxygens (including phenoxy) is 1. The van der Waals surface area contributed by atoms with Crippen LogP contribution in [0.3, 0.4) is 0 Å². The minimum absolute atomic E-state index is 0.0186. The monoisotopic (exact) mass is 670 g/mol. The van der Waals surface area contributed by atoms with Crippen molar-refractivity contribution in [2.75, 3.05) is 32.1 Å². The van der Waals surface area contributed by atoms with Gasteiger partial charge < -0.3 is 30.2 Å². The van der Waals surface area contributed by atoms with Gasteiger partial charge in [-0.05, 0) is 66.3 Å². The molecule has 0 bridgehead atoms. The number of benzene rings is 2. The van der Waals surface area contributed by atoms with Crippen LogP contribution >= 0.6 is 0 Å². The number of carbonyl (C=O) groups excluding carboxylic acids is 4. The Morgan fingerprint density at radius 1 is 0.837 bits per heavy atom. The Kier molecular flexibility index (Phi) is 11.4. The van der Waals surface area contributed by atoms with E-state index in [1.165, 1.54) is 7.11 Å². The van der Waals surface area contributed by atoms with Gasteiger partial charge in [-0.1, -0.05) is 71.0 Å². The molecular formula is C38H50N6O5. The molecule has 0 saturated carbocycles. The van der Waals surface area contributed by atoms with Gasteiger partial charge in [0.25, 0.3) is 0 Å². The lowest BCUT2D eigenvalue weighted by atomic mass is 9.95. The van der Waals surface area contributed by atoms with Crippen molar-refractivity contribution in [1.29, 1.82) is 0 Å². The second-order valence-electron chi connectivity index (χ2n) is 14.0. The van der Waals surface area contributed by atoms with E-state index in [1.807, 2.05) is 56.1 Å².